The Kier molecular flexibility index (Phi) is 5.79. The summed E-state index contributed by atoms with van der Waals surface area (Å²) in [4.78, 5) is 30.5. The zero-order valence-corrected chi connectivity index (χ0v) is 18.3. The minimum atomic E-state index is -3.77. The Balaban J connectivity index is 1.64. The van der Waals surface area contributed by atoms with Gasteiger partial charge >= 0.3 is 0 Å². The average molecular weight is 452 g/mol. The molecule has 32 heavy (non-hydrogen) atoms. The SMILES string of the molecule is CON(C)S(=O)(=O)c1ccc(NC(=O)Cn2c3ccccc3c(=O)c3ccccc32)cc1. The van der Waals surface area contributed by atoms with Crippen LogP contribution in [0.4, 0.5) is 5.69 Å². The number of para-hydroxylation sites is 2. The van der Waals surface area contributed by atoms with Gasteiger partial charge in [-0.15, -0.1) is 0 Å². The number of amides is 1. The van der Waals surface area contributed by atoms with E-state index in [0.717, 1.165) is 4.47 Å². The summed E-state index contributed by atoms with van der Waals surface area (Å²) in [6.45, 7) is -0.0201. The molecule has 3 aromatic carbocycles. The summed E-state index contributed by atoms with van der Waals surface area (Å²) < 4.78 is 27.2. The topological polar surface area (TPSA) is 97.7 Å². The second-order valence-corrected chi connectivity index (χ2v) is 9.06. The molecule has 1 amide bonds. The number of nitrogens with zero attached hydrogens (tertiary/aromatic N) is 2. The zero-order valence-electron chi connectivity index (χ0n) is 17.5. The Morgan fingerprint density at radius 1 is 0.938 bits per heavy atom. The van der Waals surface area contributed by atoms with E-state index in [1.54, 1.807) is 28.8 Å². The molecule has 164 valence electrons. The van der Waals surface area contributed by atoms with Crippen molar-refractivity contribution in [2.24, 2.45) is 0 Å². The molecule has 8 nitrogen and oxygen atoms in total. The van der Waals surface area contributed by atoms with Crippen LogP contribution < -0.4 is 10.7 Å². The van der Waals surface area contributed by atoms with E-state index >= 15 is 0 Å². The normalized spacial score (nSPS) is 11.8. The van der Waals surface area contributed by atoms with Gasteiger partial charge in [0.25, 0.3) is 10.0 Å². The predicted octanol–water partition coefficient (Wildman–Crippen LogP) is 2.98. The number of aromatic nitrogens is 1. The summed E-state index contributed by atoms with van der Waals surface area (Å²) in [6.07, 6.45) is 0. The van der Waals surface area contributed by atoms with Gasteiger partial charge in [-0.3, -0.25) is 14.4 Å². The molecule has 1 aromatic heterocycles. The molecular weight excluding hydrogens is 430 g/mol. The van der Waals surface area contributed by atoms with Gasteiger partial charge in [0.2, 0.25) is 5.91 Å². The number of hydrogen-bond acceptors (Lipinski definition) is 5. The van der Waals surface area contributed by atoms with E-state index < -0.39 is 10.0 Å². The maximum absolute atomic E-state index is 12.8. The molecular formula is C23H21N3O5S. The zero-order chi connectivity index (χ0) is 22.9. The highest BCUT2D eigenvalue weighted by molar-refractivity contribution is 7.89. The van der Waals surface area contributed by atoms with Crippen molar-refractivity contribution in [1.29, 1.82) is 0 Å². The average Bonchev–Trinajstić information content (AvgIpc) is 2.81. The van der Waals surface area contributed by atoms with Crippen LogP contribution in [0.1, 0.15) is 0 Å². The summed E-state index contributed by atoms with van der Waals surface area (Å²) in [5.41, 5.74) is 1.69. The summed E-state index contributed by atoms with van der Waals surface area (Å²) >= 11 is 0. The lowest BCUT2D eigenvalue weighted by Crippen LogP contribution is -2.25. The Morgan fingerprint density at radius 3 is 2.00 bits per heavy atom. The Morgan fingerprint density at radius 2 is 1.47 bits per heavy atom. The van der Waals surface area contributed by atoms with Gasteiger partial charge in [0, 0.05) is 23.5 Å². The first-order valence-corrected chi connectivity index (χ1v) is 11.2. The molecule has 9 heteroatoms. The fourth-order valence-corrected chi connectivity index (χ4v) is 4.52. The molecule has 0 radical (unpaired) electrons. The predicted molar refractivity (Wildman–Crippen MR) is 123 cm³/mol. The molecule has 0 atom stereocenters. The van der Waals surface area contributed by atoms with E-state index in [-0.39, 0.29) is 22.8 Å². The van der Waals surface area contributed by atoms with E-state index in [2.05, 4.69) is 5.32 Å². The highest BCUT2D eigenvalue weighted by atomic mass is 32.2. The maximum Gasteiger partial charge on any atom is 0.264 e. The lowest BCUT2D eigenvalue weighted by Gasteiger charge is -2.16. The molecule has 0 spiro atoms. The number of nitrogens with one attached hydrogen (secondary N) is 1. The van der Waals surface area contributed by atoms with Crippen LogP contribution in [0, 0.1) is 0 Å². The number of benzene rings is 3. The molecule has 0 aliphatic heterocycles. The summed E-state index contributed by atoms with van der Waals surface area (Å²) in [6, 6.07) is 20.1. The number of hydroxylamine groups is 1. The van der Waals surface area contributed by atoms with Gasteiger partial charge in [0.1, 0.15) is 6.54 Å². The van der Waals surface area contributed by atoms with Crippen LogP contribution in [-0.4, -0.2) is 37.5 Å². The van der Waals surface area contributed by atoms with Crippen LogP contribution in [0.25, 0.3) is 21.8 Å². The fraction of sp³-hybridized carbons (Fsp3) is 0.130. The van der Waals surface area contributed by atoms with Gasteiger partial charge in [0.15, 0.2) is 5.43 Å². The van der Waals surface area contributed by atoms with E-state index in [0.29, 0.717) is 27.5 Å². The minimum Gasteiger partial charge on any atom is -0.331 e. The highest BCUT2D eigenvalue weighted by Gasteiger charge is 2.20. The molecule has 1 N–H and O–H groups in total. The van der Waals surface area contributed by atoms with Gasteiger partial charge < -0.3 is 9.88 Å². The van der Waals surface area contributed by atoms with Crippen LogP contribution in [-0.2, 0) is 26.2 Å². The van der Waals surface area contributed by atoms with Gasteiger partial charge in [-0.25, -0.2) is 8.42 Å². The molecule has 4 aromatic rings. The van der Waals surface area contributed by atoms with E-state index in [1.165, 1.54) is 38.4 Å². The molecule has 0 saturated carbocycles. The number of sulfonamides is 1. The Bertz CT molecular complexity index is 1420. The molecule has 0 aliphatic carbocycles. The third-order valence-corrected chi connectivity index (χ3v) is 6.91. The van der Waals surface area contributed by atoms with Crippen molar-refractivity contribution >= 4 is 43.4 Å². The first-order chi connectivity index (χ1) is 15.3. The van der Waals surface area contributed by atoms with Crippen molar-refractivity contribution in [3.63, 3.8) is 0 Å². The number of pyridine rings is 1. The van der Waals surface area contributed by atoms with Crippen molar-refractivity contribution in [3.8, 4) is 0 Å². The van der Waals surface area contributed by atoms with Gasteiger partial charge in [-0.05, 0) is 48.5 Å². The summed E-state index contributed by atoms with van der Waals surface area (Å²) in [5, 5.41) is 3.85. The third-order valence-electron chi connectivity index (χ3n) is 5.21. The van der Waals surface area contributed by atoms with Crippen LogP contribution >= 0.6 is 0 Å². The molecule has 0 fully saturated rings. The monoisotopic (exact) mass is 451 g/mol. The second-order valence-electron chi connectivity index (χ2n) is 7.12. The van der Waals surface area contributed by atoms with Crippen molar-refractivity contribution in [1.82, 2.24) is 9.04 Å². The molecule has 0 aliphatic rings. The minimum absolute atomic E-state index is 0.0201. The second kappa shape index (κ2) is 8.54. The van der Waals surface area contributed by atoms with Crippen LogP contribution in [0.3, 0.4) is 0 Å². The van der Waals surface area contributed by atoms with E-state index in [1.807, 2.05) is 24.3 Å². The third kappa shape index (κ3) is 3.89. The lowest BCUT2D eigenvalue weighted by atomic mass is 10.1. The van der Waals surface area contributed by atoms with E-state index in [9.17, 15) is 18.0 Å². The van der Waals surface area contributed by atoms with Crippen molar-refractivity contribution in [3.05, 3.63) is 83.0 Å². The Hall–Kier alpha value is -3.53. The molecule has 1 heterocycles. The van der Waals surface area contributed by atoms with Crippen molar-refractivity contribution in [2.75, 3.05) is 19.5 Å². The number of carbonyl (C=O) groups excluding carboxylic acids is 1. The largest absolute Gasteiger partial charge is 0.331 e. The van der Waals surface area contributed by atoms with Crippen LogP contribution in [0.15, 0.2) is 82.5 Å². The highest BCUT2D eigenvalue weighted by Crippen LogP contribution is 2.20. The van der Waals surface area contributed by atoms with E-state index in [4.69, 9.17) is 4.84 Å². The number of fused-ring (bicyclic) bond motifs is 2. The maximum atomic E-state index is 12.8. The van der Waals surface area contributed by atoms with Crippen molar-refractivity contribution in [2.45, 2.75) is 11.4 Å². The standard InChI is InChI=1S/C23H21N3O5S/c1-25(31-2)32(29,30)17-13-11-16(12-14-17)24-22(27)15-26-20-9-5-3-7-18(20)23(28)19-8-4-6-10-21(19)26/h3-14H,15H2,1-2H3,(H,24,27). The van der Waals surface area contributed by atoms with Crippen molar-refractivity contribution < 1.29 is 18.0 Å². The molecule has 0 bridgehead atoms. The number of rotatable bonds is 6. The fourth-order valence-electron chi connectivity index (χ4n) is 3.55. The molecule has 0 saturated heterocycles. The number of hydrogen-bond donors (Lipinski definition) is 1. The molecule has 4 rings (SSSR count). The summed E-state index contributed by atoms with van der Waals surface area (Å²) in [7, 11) is -1.21. The van der Waals surface area contributed by atoms with Gasteiger partial charge in [0.05, 0.1) is 23.0 Å². The number of anilines is 1. The van der Waals surface area contributed by atoms with Crippen LogP contribution in [0.5, 0.6) is 0 Å². The first kappa shape index (κ1) is 21.7. The molecule has 0 unspecified atom stereocenters. The Labute approximate surface area is 184 Å². The smallest absolute Gasteiger partial charge is 0.264 e. The van der Waals surface area contributed by atoms with Gasteiger partial charge in [-0.2, -0.15) is 0 Å². The number of carbonyl (C=O) groups is 1. The quantitative estimate of drug-likeness (QED) is 0.359. The van der Waals surface area contributed by atoms with Gasteiger partial charge in [-0.1, -0.05) is 28.7 Å². The summed E-state index contributed by atoms with van der Waals surface area (Å²) in [5.74, 6) is -0.312. The van der Waals surface area contributed by atoms with Crippen LogP contribution in [0.2, 0.25) is 0 Å². The lowest BCUT2D eigenvalue weighted by molar-refractivity contribution is -0.116. The first-order valence-electron chi connectivity index (χ1n) is 9.76.